The lowest BCUT2D eigenvalue weighted by molar-refractivity contribution is -0.285. The SMILES string of the molecule is CSCCCOC(OCCCS)C(OCCCS)OCCCS. The standard InChI is InChI=1S/C15H32O4S4/c1-23-13-5-9-19-15(18-8-4-12-22)14(16-6-2-10-20)17-7-3-11-21/h14-15,20-22H,2-13H2,1H3. The van der Waals surface area contributed by atoms with E-state index in [0.29, 0.717) is 26.4 Å². The number of thiol groups is 3. The molecule has 0 fully saturated rings. The van der Waals surface area contributed by atoms with E-state index in [2.05, 4.69) is 44.1 Å². The molecule has 4 nitrogen and oxygen atoms in total. The molecule has 1 atom stereocenters. The predicted octanol–water partition coefficient (Wildman–Crippen LogP) is 3.42. The van der Waals surface area contributed by atoms with Crippen molar-refractivity contribution in [2.24, 2.45) is 0 Å². The molecule has 0 saturated heterocycles. The summed E-state index contributed by atoms with van der Waals surface area (Å²) in [6.45, 7) is 2.37. The van der Waals surface area contributed by atoms with Crippen LogP contribution in [0.5, 0.6) is 0 Å². The van der Waals surface area contributed by atoms with Crippen molar-refractivity contribution < 1.29 is 18.9 Å². The average molecular weight is 405 g/mol. The Hall–Kier alpha value is 1.24. The molecule has 0 radical (unpaired) electrons. The second-order valence-electron chi connectivity index (χ2n) is 4.80. The predicted molar refractivity (Wildman–Crippen MR) is 110 cm³/mol. The summed E-state index contributed by atoms with van der Waals surface area (Å²) < 4.78 is 23.3. The van der Waals surface area contributed by atoms with E-state index in [0.717, 1.165) is 48.7 Å². The first-order chi connectivity index (χ1) is 11.3. The van der Waals surface area contributed by atoms with Crippen molar-refractivity contribution in [3.8, 4) is 0 Å². The smallest absolute Gasteiger partial charge is 0.209 e. The molecule has 0 aromatic carbocycles. The Morgan fingerprint density at radius 1 is 0.652 bits per heavy atom. The van der Waals surface area contributed by atoms with Crippen LogP contribution < -0.4 is 0 Å². The van der Waals surface area contributed by atoms with Gasteiger partial charge in [-0.2, -0.15) is 49.6 Å². The molecular weight excluding hydrogens is 372 g/mol. The second kappa shape index (κ2) is 19.6. The van der Waals surface area contributed by atoms with E-state index >= 15 is 0 Å². The summed E-state index contributed by atoms with van der Waals surface area (Å²) in [7, 11) is 0. The fraction of sp³-hybridized carbons (Fsp3) is 1.00. The van der Waals surface area contributed by atoms with E-state index in [9.17, 15) is 0 Å². The number of hydrogen-bond acceptors (Lipinski definition) is 8. The molecule has 23 heavy (non-hydrogen) atoms. The van der Waals surface area contributed by atoms with E-state index in [-0.39, 0.29) is 0 Å². The zero-order valence-corrected chi connectivity index (χ0v) is 17.5. The minimum atomic E-state index is -0.510. The Morgan fingerprint density at radius 3 is 1.30 bits per heavy atom. The zero-order chi connectivity index (χ0) is 17.2. The topological polar surface area (TPSA) is 36.9 Å². The third-order valence-corrected chi connectivity index (χ3v) is 4.40. The van der Waals surface area contributed by atoms with Crippen molar-refractivity contribution in [2.75, 3.05) is 55.7 Å². The van der Waals surface area contributed by atoms with Crippen LogP contribution >= 0.6 is 49.6 Å². The number of thioether (sulfide) groups is 1. The average Bonchev–Trinajstić information content (AvgIpc) is 2.56. The molecule has 1 unspecified atom stereocenters. The zero-order valence-electron chi connectivity index (χ0n) is 14.0. The molecule has 0 amide bonds. The van der Waals surface area contributed by atoms with Gasteiger partial charge in [-0.3, -0.25) is 0 Å². The van der Waals surface area contributed by atoms with Crippen LogP contribution in [-0.2, 0) is 18.9 Å². The molecule has 0 aliphatic heterocycles. The molecule has 0 heterocycles. The summed E-state index contributed by atoms with van der Waals surface area (Å²) in [6.07, 6.45) is 4.66. The Kier molecular flexibility index (Phi) is 20.6. The van der Waals surface area contributed by atoms with Gasteiger partial charge in [0.15, 0.2) is 0 Å². The molecule has 0 aliphatic rings. The highest BCUT2D eigenvalue weighted by Crippen LogP contribution is 2.12. The van der Waals surface area contributed by atoms with E-state index in [4.69, 9.17) is 18.9 Å². The number of rotatable bonds is 18. The fourth-order valence-corrected chi connectivity index (χ4v) is 2.40. The van der Waals surface area contributed by atoms with Crippen molar-refractivity contribution in [3.05, 3.63) is 0 Å². The van der Waals surface area contributed by atoms with Gasteiger partial charge in [0.25, 0.3) is 0 Å². The first-order valence-electron chi connectivity index (χ1n) is 8.08. The monoisotopic (exact) mass is 404 g/mol. The molecule has 0 spiro atoms. The van der Waals surface area contributed by atoms with Gasteiger partial charge in [-0.15, -0.1) is 0 Å². The van der Waals surface area contributed by atoms with Crippen molar-refractivity contribution in [1.29, 1.82) is 0 Å². The van der Waals surface area contributed by atoms with Gasteiger partial charge in [-0.25, -0.2) is 0 Å². The lowest BCUT2D eigenvalue weighted by Crippen LogP contribution is -2.38. The van der Waals surface area contributed by atoms with Gasteiger partial charge in [-0.05, 0) is 55.0 Å². The van der Waals surface area contributed by atoms with Gasteiger partial charge in [0.1, 0.15) is 0 Å². The molecule has 140 valence electrons. The minimum Gasteiger partial charge on any atom is -0.348 e. The normalized spacial score (nSPS) is 12.9. The molecule has 0 bridgehead atoms. The molecule has 0 rings (SSSR count). The Labute approximate surface area is 162 Å². The van der Waals surface area contributed by atoms with Crippen molar-refractivity contribution in [3.63, 3.8) is 0 Å². The highest BCUT2D eigenvalue weighted by atomic mass is 32.2. The van der Waals surface area contributed by atoms with Crippen LogP contribution in [0.4, 0.5) is 0 Å². The second-order valence-corrected chi connectivity index (χ2v) is 7.13. The van der Waals surface area contributed by atoms with E-state index in [1.54, 1.807) is 11.8 Å². The summed E-state index contributed by atoms with van der Waals surface area (Å²) >= 11 is 14.4. The number of ether oxygens (including phenoxy) is 4. The van der Waals surface area contributed by atoms with E-state index < -0.39 is 12.6 Å². The van der Waals surface area contributed by atoms with Crippen molar-refractivity contribution in [1.82, 2.24) is 0 Å². The lowest BCUT2D eigenvalue weighted by atomic mass is 10.4. The Balaban J connectivity index is 4.43. The van der Waals surface area contributed by atoms with Crippen LogP contribution in [0.25, 0.3) is 0 Å². The molecule has 0 aromatic rings. The first kappa shape index (κ1) is 24.2. The minimum absolute atomic E-state index is 0.503. The summed E-state index contributed by atoms with van der Waals surface area (Å²) in [4.78, 5) is 0. The highest BCUT2D eigenvalue weighted by Gasteiger charge is 2.24. The van der Waals surface area contributed by atoms with Crippen LogP contribution in [0.1, 0.15) is 25.7 Å². The third kappa shape index (κ3) is 15.2. The molecule has 8 heteroatoms. The quantitative estimate of drug-likeness (QED) is 0.185. The highest BCUT2D eigenvalue weighted by molar-refractivity contribution is 7.98. The largest absolute Gasteiger partial charge is 0.348 e. The van der Waals surface area contributed by atoms with Crippen LogP contribution in [0.15, 0.2) is 0 Å². The molecule has 0 aliphatic carbocycles. The number of hydrogen-bond donors (Lipinski definition) is 3. The maximum Gasteiger partial charge on any atom is 0.209 e. The maximum atomic E-state index is 5.87. The van der Waals surface area contributed by atoms with E-state index in [1.807, 2.05) is 0 Å². The molecule has 0 N–H and O–H groups in total. The van der Waals surface area contributed by atoms with Gasteiger partial charge in [0.2, 0.25) is 12.6 Å². The third-order valence-electron chi connectivity index (χ3n) is 2.75. The van der Waals surface area contributed by atoms with Crippen molar-refractivity contribution >= 4 is 49.6 Å². The summed E-state index contributed by atoms with van der Waals surface area (Å²) in [5, 5.41) is 0. The summed E-state index contributed by atoms with van der Waals surface area (Å²) in [5.74, 6) is 3.41. The summed E-state index contributed by atoms with van der Waals surface area (Å²) in [5.41, 5.74) is 0. The molecule has 0 saturated carbocycles. The fourth-order valence-electron chi connectivity index (χ4n) is 1.61. The molecule has 0 aromatic heterocycles. The maximum absolute atomic E-state index is 5.87. The van der Waals surface area contributed by atoms with Gasteiger partial charge in [0.05, 0.1) is 26.4 Å². The summed E-state index contributed by atoms with van der Waals surface area (Å²) in [6, 6.07) is 0. The Morgan fingerprint density at radius 2 is 1.00 bits per heavy atom. The van der Waals surface area contributed by atoms with Crippen LogP contribution in [0, 0.1) is 0 Å². The van der Waals surface area contributed by atoms with Gasteiger partial charge < -0.3 is 18.9 Å². The van der Waals surface area contributed by atoms with Gasteiger partial charge in [0, 0.05) is 0 Å². The van der Waals surface area contributed by atoms with Crippen LogP contribution in [0.3, 0.4) is 0 Å². The van der Waals surface area contributed by atoms with Crippen molar-refractivity contribution in [2.45, 2.75) is 38.3 Å². The van der Waals surface area contributed by atoms with Crippen LogP contribution in [0.2, 0.25) is 0 Å². The van der Waals surface area contributed by atoms with Gasteiger partial charge in [-0.1, -0.05) is 0 Å². The molecular formula is C15H32O4S4. The van der Waals surface area contributed by atoms with Gasteiger partial charge >= 0.3 is 0 Å². The first-order valence-corrected chi connectivity index (χ1v) is 11.4. The lowest BCUT2D eigenvalue weighted by Gasteiger charge is -2.27. The van der Waals surface area contributed by atoms with E-state index in [1.165, 1.54) is 0 Å². The van der Waals surface area contributed by atoms with Crippen LogP contribution in [-0.4, -0.2) is 68.3 Å². The Bertz CT molecular complexity index is 228.